The maximum absolute atomic E-state index is 11.1. The molecule has 12 heavy (non-hydrogen) atoms. The van der Waals surface area contributed by atoms with Gasteiger partial charge in [-0.1, -0.05) is 6.92 Å². The van der Waals surface area contributed by atoms with Crippen LogP contribution in [0.2, 0.25) is 0 Å². The zero-order valence-electron chi connectivity index (χ0n) is 8.18. The lowest BCUT2D eigenvalue weighted by atomic mass is 10.0. The third-order valence-electron chi connectivity index (χ3n) is 1.96. The standard InChI is InChI=1S/C8H18N2O2/c1-6(8(11)9-3)7(2)10-5-12-4/h6-7,10H,5H2,1-4H3,(H,9,11). The normalized spacial score (nSPS) is 15.3. The zero-order valence-corrected chi connectivity index (χ0v) is 8.18. The molecule has 0 radical (unpaired) electrons. The molecule has 0 aliphatic heterocycles. The van der Waals surface area contributed by atoms with Crippen molar-refractivity contribution < 1.29 is 9.53 Å². The van der Waals surface area contributed by atoms with Crippen molar-refractivity contribution in [2.24, 2.45) is 5.92 Å². The average molecular weight is 174 g/mol. The Labute approximate surface area is 73.7 Å². The molecule has 72 valence electrons. The molecule has 4 heteroatoms. The quantitative estimate of drug-likeness (QED) is 0.575. The van der Waals surface area contributed by atoms with Crippen LogP contribution in [0.5, 0.6) is 0 Å². The molecule has 2 unspecified atom stereocenters. The van der Waals surface area contributed by atoms with E-state index in [9.17, 15) is 4.79 Å². The summed E-state index contributed by atoms with van der Waals surface area (Å²) in [5, 5.41) is 5.67. The van der Waals surface area contributed by atoms with Crippen molar-refractivity contribution in [2.75, 3.05) is 20.9 Å². The topological polar surface area (TPSA) is 50.4 Å². The molecule has 0 saturated heterocycles. The number of carbonyl (C=O) groups excluding carboxylic acids is 1. The molecule has 0 aromatic rings. The fraction of sp³-hybridized carbons (Fsp3) is 0.875. The second-order valence-corrected chi connectivity index (χ2v) is 2.83. The largest absolute Gasteiger partial charge is 0.370 e. The van der Waals surface area contributed by atoms with E-state index < -0.39 is 0 Å². The van der Waals surface area contributed by atoms with E-state index in [2.05, 4.69) is 10.6 Å². The number of rotatable bonds is 5. The van der Waals surface area contributed by atoms with Crippen molar-refractivity contribution in [3.63, 3.8) is 0 Å². The first-order valence-electron chi connectivity index (χ1n) is 4.07. The fourth-order valence-electron chi connectivity index (χ4n) is 0.846. The molecule has 0 aromatic carbocycles. The summed E-state index contributed by atoms with van der Waals surface area (Å²) in [7, 11) is 3.26. The summed E-state index contributed by atoms with van der Waals surface area (Å²) < 4.78 is 4.83. The van der Waals surface area contributed by atoms with Gasteiger partial charge < -0.3 is 10.1 Å². The Morgan fingerprint density at radius 3 is 2.50 bits per heavy atom. The van der Waals surface area contributed by atoms with E-state index in [1.807, 2.05) is 13.8 Å². The van der Waals surface area contributed by atoms with E-state index in [0.717, 1.165) is 0 Å². The van der Waals surface area contributed by atoms with Crippen LogP contribution in [0, 0.1) is 5.92 Å². The maximum Gasteiger partial charge on any atom is 0.224 e. The molecule has 2 atom stereocenters. The Kier molecular flexibility index (Phi) is 5.66. The van der Waals surface area contributed by atoms with Gasteiger partial charge in [-0.3, -0.25) is 10.1 Å². The molecule has 1 amide bonds. The third kappa shape index (κ3) is 3.69. The highest BCUT2D eigenvalue weighted by Gasteiger charge is 2.17. The number of hydrogen-bond acceptors (Lipinski definition) is 3. The molecule has 4 nitrogen and oxygen atoms in total. The summed E-state index contributed by atoms with van der Waals surface area (Å²) >= 11 is 0. The summed E-state index contributed by atoms with van der Waals surface area (Å²) in [6, 6.07) is 0.130. The number of amides is 1. The van der Waals surface area contributed by atoms with Crippen LogP contribution < -0.4 is 10.6 Å². The van der Waals surface area contributed by atoms with Crippen molar-refractivity contribution in [1.29, 1.82) is 0 Å². The van der Waals surface area contributed by atoms with Crippen LogP contribution in [0.25, 0.3) is 0 Å². The lowest BCUT2D eigenvalue weighted by Gasteiger charge is -2.19. The minimum absolute atomic E-state index is 0.0369. The Hall–Kier alpha value is -0.610. The van der Waals surface area contributed by atoms with Gasteiger partial charge in [-0.05, 0) is 6.92 Å². The molecule has 0 saturated carbocycles. The molecule has 0 spiro atoms. The van der Waals surface area contributed by atoms with Gasteiger partial charge in [-0.25, -0.2) is 0 Å². The number of methoxy groups -OCH3 is 1. The van der Waals surface area contributed by atoms with Crippen molar-refractivity contribution in [2.45, 2.75) is 19.9 Å². The van der Waals surface area contributed by atoms with Gasteiger partial charge in [0.25, 0.3) is 0 Å². The van der Waals surface area contributed by atoms with E-state index in [4.69, 9.17) is 4.74 Å². The zero-order chi connectivity index (χ0) is 9.56. The van der Waals surface area contributed by atoms with E-state index in [1.54, 1.807) is 14.2 Å². The molecule has 0 rings (SSSR count). The molecule has 2 N–H and O–H groups in total. The monoisotopic (exact) mass is 174 g/mol. The fourth-order valence-corrected chi connectivity index (χ4v) is 0.846. The van der Waals surface area contributed by atoms with E-state index in [0.29, 0.717) is 6.73 Å². The second-order valence-electron chi connectivity index (χ2n) is 2.83. The summed E-state index contributed by atoms with van der Waals surface area (Å²) in [5.41, 5.74) is 0. The Morgan fingerprint density at radius 1 is 1.50 bits per heavy atom. The van der Waals surface area contributed by atoms with E-state index in [-0.39, 0.29) is 17.9 Å². The Morgan fingerprint density at radius 2 is 2.08 bits per heavy atom. The minimum Gasteiger partial charge on any atom is -0.370 e. The maximum atomic E-state index is 11.1. The second kappa shape index (κ2) is 5.97. The molecule has 0 aliphatic rings. The van der Waals surface area contributed by atoms with Crippen molar-refractivity contribution >= 4 is 5.91 Å². The van der Waals surface area contributed by atoms with Gasteiger partial charge in [0.2, 0.25) is 5.91 Å². The molecule has 0 bridgehead atoms. The van der Waals surface area contributed by atoms with Gasteiger partial charge in [-0.2, -0.15) is 0 Å². The summed E-state index contributed by atoms with van der Waals surface area (Å²) in [6.45, 7) is 4.31. The van der Waals surface area contributed by atoms with Crippen LogP contribution in [0.3, 0.4) is 0 Å². The van der Waals surface area contributed by atoms with Crippen LogP contribution in [0.4, 0.5) is 0 Å². The number of hydrogen-bond donors (Lipinski definition) is 2. The molecular weight excluding hydrogens is 156 g/mol. The predicted molar refractivity (Wildman–Crippen MR) is 47.7 cm³/mol. The van der Waals surface area contributed by atoms with Gasteiger partial charge in [0.15, 0.2) is 0 Å². The Bertz CT molecular complexity index is 139. The highest BCUT2D eigenvalue weighted by molar-refractivity contribution is 5.78. The first-order chi connectivity index (χ1) is 5.63. The lowest BCUT2D eigenvalue weighted by molar-refractivity contribution is -0.124. The van der Waals surface area contributed by atoms with Crippen LogP contribution in [0.1, 0.15) is 13.8 Å². The van der Waals surface area contributed by atoms with Gasteiger partial charge in [-0.15, -0.1) is 0 Å². The average Bonchev–Trinajstić information content (AvgIpc) is 2.11. The summed E-state index contributed by atoms with van der Waals surface area (Å²) in [5.74, 6) is 0.0104. The highest BCUT2D eigenvalue weighted by atomic mass is 16.5. The molecule has 0 fully saturated rings. The summed E-state index contributed by atoms with van der Waals surface area (Å²) in [4.78, 5) is 11.1. The number of ether oxygens (including phenoxy) is 1. The van der Waals surface area contributed by atoms with Crippen molar-refractivity contribution in [3.05, 3.63) is 0 Å². The summed E-state index contributed by atoms with van der Waals surface area (Å²) in [6.07, 6.45) is 0. The van der Waals surface area contributed by atoms with Crippen molar-refractivity contribution in [3.8, 4) is 0 Å². The van der Waals surface area contributed by atoms with Gasteiger partial charge in [0.1, 0.15) is 0 Å². The van der Waals surface area contributed by atoms with Gasteiger partial charge in [0.05, 0.1) is 12.6 Å². The van der Waals surface area contributed by atoms with Crippen molar-refractivity contribution in [1.82, 2.24) is 10.6 Å². The smallest absolute Gasteiger partial charge is 0.224 e. The van der Waals surface area contributed by atoms with Crippen LogP contribution in [0.15, 0.2) is 0 Å². The van der Waals surface area contributed by atoms with E-state index >= 15 is 0 Å². The van der Waals surface area contributed by atoms with Gasteiger partial charge in [0, 0.05) is 20.2 Å². The molecule has 0 heterocycles. The van der Waals surface area contributed by atoms with Crippen LogP contribution in [-0.2, 0) is 9.53 Å². The lowest BCUT2D eigenvalue weighted by Crippen LogP contribution is -2.41. The minimum atomic E-state index is -0.0369. The molecule has 0 aliphatic carbocycles. The molecule has 0 aromatic heterocycles. The molecular formula is C8H18N2O2. The predicted octanol–water partition coefficient (Wildman–Crippen LogP) is -0.0495. The van der Waals surface area contributed by atoms with Crippen LogP contribution >= 0.6 is 0 Å². The first-order valence-corrected chi connectivity index (χ1v) is 4.07. The number of nitrogens with one attached hydrogen (secondary N) is 2. The third-order valence-corrected chi connectivity index (χ3v) is 1.96. The SMILES string of the molecule is CNC(=O)C(C)C(C)NCOC. The van der Waals surface area contributed by atoms with E-state index in [1.165, 1.54) is 0 Å². The highest BCUT2D eigenvalue weighted by Crippen LogP contribution is 2.01. The van der Waals surface area contributed by atoms with Crippen LogP contribution in [-0.4, -0.2) is 32.8 Å². The Balaban J connectivity index is 3.75. The number of carbonyl (C=O) groups is 1. The first kappa shape index (κ1) is 11.4. The van der Waals surface area contributed by atoms with Gasteiger partial charge >= 0.3 is 0 Å².